The maximum absolute atomic E-state index is 12.9. The number of carbonyl (C=O) groups is 2. The molecule has 0 saturated carbocycles. The summed E-state index contributed by atoms with van der Waals surface area (Å²) in [5.41, 5.74) is -0.245. The van der Waals surface area contributed by atoms with Crippen molar-refractivity contribution in [2.24, 2.45) is 5.92 Å². The van der Waals surface area contributed by atoms with E-state index in [4.69, 9.17) is 5.11 Å². The molecule has 0 saturated heterocycles. The summed E-state index contributed by atoms with van der Waals surface area (Å²) in [6.07, 6.45) is 0.203. The molecule has 0 spiro atoms. The molecule has 1 aromatic rings. The molecule has 1 aromatic carbocycles. The molecule has 2 amide bonds. The van der Waals surface area contributed by atoms with Gasteiger partial charge < -0.3 is 15.7 Å². The van der Waals surface area contributed by atoms with Gasteiger partial charge in [-0.3, -0.25) is 4.79 Å². The Hall–Kier alpha value is -2.25. The van der Waals surface area contributed by atoms with Crippen molar-refractivity contribution in [2.45, 2.75) is 13.3 Å². The molecule has 0 fully saturated rings. The number of aliphatic carboxylic acids is 1. The van der Waals surface area contributed by atoms with Gasteiger partial charge in [0, 0.05) is 24.4 Å². The minimum atomic E-state index is -1.62. The fourth-order valence-electron chi connectivity index (χ4n) is 1.33. The van der Waals surface area contributed by atoms with E-state index < -0.39 is 35.4 Å². The lowest BCUT2D eigenvalue weighted by atomic mass is 10.1. The van der Waals surface area contributed by atoms with E-state index in [0.717, 1.165) is 0 Å². The molecule has 0 aromatic heterocycles. The molecule has 0 aliphatic rings. The first-order chi connectivity index (χ1) is 9.31. The number of amides is 2. The van der Waals surface area contributed by atoms with Crippen LogP contribution in [0.15, 0.2) is 12.1 Å². The van der Waals surface area contributed by atoms with Crippen LogP contribution in [0.3, 0.4) is 0 Å². The van der Waals surface area contributed by atoms with Crippen LogP contribution in [0.1, 0.15) is 13.3 Å². The largest absolute Gasteiger partial charge is 0.481 e. The molecular formula is C12H13F3N2O3. The van der Waals surface area contributed by atoms with Crippen LogP contribution in [-0.4, -0.2) is 23.7 Å². The van der Waals surface area contributed by atoms with Gasteiger partial charge in [-0.2, -0.15) is 0 Å². The monoisotopic (exact) mass is 290 g/mol. The van der Waals surface area contributed by atoms with Gasteiger partial charge in [0.05, 0.1) is 5.92 Å². The van der Waals surface area contributed by atoms with Crippen LogP contribution < -0.4 is 10.6 Å². The molecule has 0 radical (unpaired) electrons. The average Bonchev–Trinajstić information content (AvgIpc) is 2.35. The number of anilines is 1. The smallest absolute Gasteiger partial charge is 0.319 e. The van der Waals surface area contributed by atoms with Crippen LogP contribution in [0.5, 0.6) is 0 Å². The van der Waals surface area contributed by atoms with E-state index in [1.165, 1.54) is 6.92 Å². The molecule has 0 bridgehead atoms. The third-order valence-electron chi connectivity index (χ3n) is 2.53. The Morgan fingerprint density at radius 1 is 1.25 bits per heavy atom. The SMILES string of the molecule is CC(CCNC(=O)Nc1cc(F)c(F)c(F)c1)C(=O)O. The molecule has 3 N–H and O–H groups in total. The highest BCUT2D eigenvalue weighted by Crippen LogP contribution is 2.17. The highest BCUT2D eigenvalue weighted by molar-refractivity contribution is 5.89. The van der Waals surface area contributed by atoms with Gasteiger partial charge in [0.1, 0.15) is 0 Å². The summed E-state index contributed by atoms with van der Waals surface area (Å²) < 4.78 is 38.5. The van der Waals surface area contributed by atoms with Crippen LogP contribution in [0.25, 0.3) is 0 Å². The number of urea groups is 1. The van der Waals surface area contributed by atoms with E-state index >= 15 is 0 Å². The number of rotatable bonds is 5. The van der Waals surface area contributed by atoms with E-state index in [2.05, 4.69) is 10.6 Å². The summed E-state index contributed by atoms with van der Waals surface area (Å²) in [5.74, 6) is -6.07. The molecular weight excluding hydrogens is 277 g/mol. The molecule has 0 heterocycles. The van der Waals surface area contributed by atoms with E-state index in [1.807, 2.05) is 0 Å². The van der Waals surface area contributed by atoms with Crippen LogP contribution in [0, 0.1) is 23.4 Å². The molecule has 0 aliphatic carbocycles. The highest BCUT2D eigenvalue weighted by Gasteiger charge is 2.13. The van der Waals surface area contributed by atoms with Crippen molar-refractivity contribution in [2.75, 3.05) is 11.9 Å². The Labute approximate surface area is 112 Å². The average molecular weight is 290 g/mol. The first kappa shape index (κ1) is 15.8. The topological polar surface area (TPSA) is 78.4 Å². The third kappa shape index (κ3) is 4.45. The summed E-state index contributed by atoms with van der Waals surface area (Å²) in [7, 11) is 0. The quantitative estimate of drug-likeness (QED) is 0.728. The zero-order valence-electron chi connectivity index (χ0n) is 10.5. The molecule has 1 unspecified atom stereocenters. The van der Waals surface area contributed by atoms with Crippen molar-refractivity contribution in [3.05, 3.63) is 29.6 Å². The lowest BCUT2D eigenvalue weighted by Crippen LogP contribution is -2.31. The Kier molecular flexibility index (Phi) is 5.36. The number of carboxylic acids is 1. The van der Waals surface area contributed by atoms with Crippen molar-refractivity contribution in [3.8, 4) is 0 Å². The van der Waals surface area contributed by atoms with Gasteiger partial charge in [-0.15, -0.1) is 0 Å². The maximum Gasteiger partial charge on any atom is 0.319 e. The van der Waals surface area contributed by atoms with Gasteiger partial charge in [-0.05, 0) is 6.42 Å². The molecule has 1 rings (SSSR count). The Balaban J connectivity index is 2.49. The Morgan fingerprint density at radius 3 is 2.30 bits per heavy atom. The number of hydrogen-bond acceptors (Lipinski definition) is 2. The zero-order valence-corrected chi connectivity index (χ0v) is 10.5. The van der Waals surface area contributed by atoms with E-state index in [-0.39, 0.29) is 18.7 Å². The van der Waals surface area contributed by atoms with Gasteiger partial charge >= 0.3 is 12.0 Å². The number of hydrogen-bond donors (Lipinski definition) is 3. The summed E-state index contributed by atoms with van der Waals surface area (Å²) >= 11 is 0. The predicted molar refractivity (Wildman–Crippen MR) is 64.8 cm³/mol. The number of carboxylic acid groups (broad SMARTS) is 1. The fraction of sp³-hybridized carbons (Fsp3) is 0.333. The summed E-state index contributed by atoms with van der Waals surface area (Å²) in [6.45, 7) is 1.55. The van der Waals surface area contributed by atoms with Gasteiger partial charge in [0.15, 0.2) is 17.5 Å². The molecule has 8 heteroatoms. The third-order valence-corrected chi connectivity index (χ3v) is 2.53. The highest BCUT2D eigenvalue weighted by atomic mass is 19.2. The maximum atomic E-state index is 12.9. The van der Waals surface area contributed by atoms with Crippen molar-refractivity contribution in [3.63, 3.8) is 0 Å². The number of halogens is 3. The van der Waals surface area contributed by atoms with Gasteiger partial charge in [-0.1, -0.05) is 6.92 Å². The van der Waals surface area contributed by atoms with E-state index in [1.54, 1.807) is 0 Å². The lowest BCUT2D eigenvalue weighted by molar-refractivity contribution is -0.141. The van der Waals surface area contributed by atoms with Crippen LogP contribution in [0.4, 0.5) is 23.7 Å². The normalized spacial score (nSPS) is 11.8. The minimum absolute atomic E-state index is 0.0749. The summed E-state index contributed by atoms with van der Waals surface area (Å²) in [5, 5.41) is 13.1. The second-order valence-corrected chi connectivity index (χ2v) is 4.16. The van der Waals surface area contributed by atoms with Crippen molar-refractivity contribution in [1.29, 1.82) is 0 Å². The van der Waals surface area contributed by atoms with Gasteiger partial charge in [0.25, 0.3) is 0 Å². The Bertz CT molecular complexity index is 500. The van der Waals surface area contributed by atoms with Crippen LogP contribution in [-0.2, 0) is 4.79 Å². The standard InChI is InChI=1S/C12H13F3N2O3/c1-6(11(18)19)2-3-16-12(20)17-7-4-8(13)10(15)9(14)5-7/h4-6H,2-3H2,1H3,(H,18,19)(H2,16,17,20). The zero-order chi connectivity index (χ0) is 15.3. The second kappa shape index (κ2) is 6.78. The lowest BCUT2D eigenvalue weighted by Gasteiger charge is -2.09. The van der Waals surface area contributed by atoms with E-state index in [0.29, 0.717) is 12.1 Å². The number of carbonyl (C=O) groups excluding carboxylic acids is 1. The predicted octanol–water partition coefficient (Wildman–Crippen LogP) is 2.34. The van der Waals surface area contributed by atoms with Crippen molar-refractivity contribution < 1.29 is 27.9 Å². The van der Waals surface area contributed by atoms with Crippen molar-refractivity contribution >= 4 is 17.7 Å². The molecule has 20 heavy (non-hydrogen) atoms. The number of benzene rings is 1. The summed E-state index contributed by atoms with van der Waals surface area (Å²) in [6, 6.07) is 0.503. The van der Waals surface area contributed by atoms with Gasteiger partial charge in [0.2, 0.25) is 0 Å². The first-order valence-electron chi connectivity index (χ1n) is 5.73. The molecule has 110 valence electrons. The van der Waals surface area contributed by atoms with E-state index in [9.17, 15) is 22.8 Å². The van der Waals surface area contributed by atoms with Crippen LogP contribution in [0.2, 0.25) is 0 Å². The second-order valence-electron chi connectivity index (χ2n) is 4.16. The number of nitrogens with one attached hydrogen (secondary N) is 2. The fourth-order valence-corrected chi connectivity index (χ4v) is 1.33. The minimum Gasteiger partial charge on any atom is -0.481 e. The first-order valence-corrected chi connectivity index (χ1v) is 5.73. The molecule has 5 nitrogen and oxygen atoms in total. The van der Waals surface area contributed by atoms with Crippen molar-refractivity contribution in [1.82, 2.24) is 5.32 Å². The molecule has 0 aliphatic heterocycles. The molecule has 1 atom stereocenters. The Morgan fingerprint density at radius 2 is 1.80 bits per heavy atom. The van der Waals surface area contributed by atoms with Crippen LogP contribution >= 0.6 is 0 Å². The summed E-state index contributed by atoms with van der Waals surface area (Å²) in [4.78, 5) is 21.9. The van der Waals surface area contributed by atoms with Gasteiger partial charge in [-0.25, -0.2) is 18.0 Å².